The van der Waals surface area contributed by atoms with Crippen molar-refractivity contribution in [2.45, 2.75) is 31.2 Å². The molecule has 0 aliphatic carbocycles. The van der Waals surface area contributed by atoms with Crippen molar-refractivity contribution in [3.8, 4) is 12.3 Å². The Balaban J connectivity index is 3.27. The summed E-state index contributed by atoms with van der Waals surface area (Å²) >= 11 is 0.108. The first-order chi connectivity index (χ1) is 4.81. The molecule has 0 fully saturated rings. The third-order valence-corrected chi connectivity index (χ3v) is 4.08. The molecule has 0 aliphatic rings. The van der Waals surface area contributed by atoms with Crippen LogP contribution in [0, 0.1) is 12.3 Å². The van der Waals surface area contributed by atoms with Crippen molar-refractivity contribution >= 4 is 20.9 Å². The molecular formula is C9H14Te. The third-order valence-electron chi connectivity index (χ3n) is 1.10. The van der Waals surface area contributed by atoms with Gasteiger partial charge >= 0.3 is 74.1 Å². The molecule has 0 heterocycles. The Bertz CT molecular complexity index is 139. The molecule has 0 unspecified atom stereocenters. The summed E-state index contributed by atoms with van der Waals surface area (Å²) in [6, 6.07) is 0. The number of hydrogen-bond acceptors (Lipinski definition) is 0. The summed E-state index contributed by atoms with van der Waals surface area (Å²) in [6.07, 6.45) is 7.87. The van der Waals surface area contributed by atoms with Crippen LogP contribution in [0.5, 0.6) is 0 Å². The first-order valence-corrected chi connectivity index (χ1v) is 6.55. The molecule has 0 aromatic carbocycles. The van der Waals surface area contributed by atoms with E-state index in [9.17, 15) is 0 Å². The van der Waals surface area contributed by atoms with Gasteiger partial charge in [-0.1, -0.05) is 0 Å². The summed E-state index contributed by atoms with van der Waals surface area (Å²) in [5.41, 5.74) is 1.12. The molecule has 0 amide bonds. The van der Waals surface area contributed by atoms with Gasteiger partial charge in [0.05, 0.1) is 0 Å². The molecule has 0 atom stereocenters. The summed E-state index contributed by atoms with van der Waals surface area (Å²) in [5.74, 6) is 2.64. The van der Waals surface area contributed by atoms with E-state index in [0.29, 0.717) is 0 Å². The Labute approximate surface area is 74.2 Å². The Kier molecular flexibility index (Phi) is 7.26. The van der Waals surface area contributed by atoms with Crippen molar-refractivity contribution < 1.29 is 0 Å². The van der Waals surface area contributed by atoms with Crippen molar-refractivity contribution in [2.24, 2.45) is 0 Å². The van der Waals surface area contributed by atoms with Crippen LogP contribution in [-0.4, -0.2) is 20.9 Å². The fourth-order valence-corrected chi connectivity index (χ4v) is 2.99. The summed E-state index contributed by atoms with van der Waals surface area (Å²) in [5, 5.41) is 0. The van der Waals surface area contributed by atoms with Crippen molar-refractivity contribution in [1.82, 2.24) is 0 Å². The molecule has 0 N–H and O–H groups in total. The quantitative estimate of drug-likeness (QED) is 0.408. The Morgan fingerprint density at radius 3 is 2.90 bits per heavy atom. The number of unbranched alkanes of at least 4 members (excludes halogenated alkanes) is 1. The van der Waals surface area contributed by atoms with Crippen molar-refractivity contribution in [1.29, 1.82) is 0 Å². The fraction of sp³-hybridized carbons (Fsp3) is 0.556. The van der Waals surface area contributed by atoms with Crippen LogP contribution in [0.4, 0.5) is 0 Å². The second-order valence-electron chi connectivity index (χ2n) is 2.17. The van der Waals surface area contributed by atoms with Gasteiger partial charge in [0.2, 0.25) is 0 Å². The maximum absolute atomic E-state index is 5.19. The fourth-order valence-electron chi connectivity index (χ4n) is 0.446. The Morgan fingerprint density at radius 1 is 1.70 bits per heavy atom. The predicted molar refractivity (Wildman–Crippen MR) is 48.1 cm³/mol. The SMILES string of the molecule is C#C/C(C)=C\[Te]CCCC. The van der Waals surface area contributed by atoms with Gasteiger partial charge in [0.1, 0.15) is 0 Å². The molecule has 10 heavy (non-hydrogen) atoms. The van der Waals surface area contributed by atoms with Gasteiger partial charge in [-0.05, 0) is 0 Å². The second-order valence-corrected chi connectivity index (χ2v) is 4.96. The zero-order valence-corrected chi connectivity index (χ0v) is 9.01. The van der Waals surface area contributed by atoms with E-state index in [2.05, 4.69) is 17.0 Å². The van der Waals surface area contributed by atoms with Gasteiger partial charge < -0.3 is 0 Å². The van der Waals surface area contributed by atoms with Gasteiger partial charge in [0.15, 0.2) is 0 Å². The molecule has 0 bridgehead atoms. The van der Waals surface area contributed by atoms with Gasteiger partial charge in [-0.15, -0.1) is 0 Å². The average molecular weight is 250 g/mol. The van der Waals surface area contributed by atoms with Gasteiger partial charge in [0.25, 0.3) is 0 Å². The molecule has 56 valence electrons. The molecule has 0 aromatic heterocycles. The van der Waals surface area contributed by atoms with Crippen LogP contribution in [0.15, 0.2) is 9.70 Å². The molecule has 0 radical (unpaired) electrons. The molecule has 0 aromatic rings. The number of hydrogen-bond donors (Lipinski definition) is 0. The van der Waals surface area contributed by atoms with E-state index in [1.807, 2.05) is 6.92 Å². The third kappa shape index (κ3) is 6.21. The Hall–Kier alpha value is 0.0896. The van der Waals surface area contributed by atoms with Crippen LogP contribution in [0.3, 0.4) is 0 Å². The minimum absolute atomic E-state index is 0.108. The van der Waals surface area contributed by atoms with Crippen molar-refractivity contribution in [2.75, 3.05) is 0 Å². The first kappa shape index (κ1) is 10.1. The molecule has 0 nitrogen and oxygen atoms in total. The van der Waals surface area contributed by atoms with E-state index in [1.54, 1.807) is 0 Å². The van der Waals surface area contributed by atoms with E-state index in [-0.39, 0.29) is 20.9 Å². The van der Waals surface area contributed by atoms with E-state index < -0.39 is 0 Å². The van der Waals surface area contributed by atoms with E-state index in [4.69, 9.17) is 6.42 Å². The molecular weight excluding hydrogens is 236 g/mol. The zero-order chi connectivity index (χ0) is 7.82. The normalized spacial score (nSPS) is 11.1. The summed E-state index contributed by atoms with van der Waals surface area (Å²) < 4.78 is 3.67. The van der Waals surface area contributed by atoms with Crippen molar-refractivity contribution in [3.05, 3.63) is 9.70 Å². The number of terminal acetylenes is 1. The van der Waals surface area contributed by atoms with Crippen LogP contribution in [0.1, 0.15) is 26.7 Å². The maximum atomic E-state index is 5.19. The summed E-state index contributed by atoms with van der Waals surface area (Å²) in [7, 11) is 0. The van der Waals surface area contributed by atoms with Gasteiger partial charge in [-0.3, -0.25) is 0 Å². The van der Waals surface area contributed by atoms with Gasteiger partial charge in [0, 0.05) is 0 Å². The second kappa shape index (κ2) is 7.20. The summed E-state index contributed by atoms with van der Waals surface area (Å²) in [6.45, 7) is 4.24. The monoisotopic (exact) mass is 252 g/mol. The average Bonchev–Trinajstić information content (AvgIpc) is 1.98. The zero-order valence-electron chi connectivity index (χ0n) is 6.68. The van der Waals surface area contributed by atoms with E-state index in [1.165, 1.54) is 17.3 Å². The molecule has 0 spiro atoms. The molecule has 0 saturated heterocycles. The van der Waals surface area contributed by atoms with Crippen LogP contribution in [-0.2, 0) is 0 Å². The van der Waals surface area contributed by atoms with Crippen LogP contribution in [0.2, 0.25) is 4.47 Å². The summed E-state index contributed by atoms with van der Waals surface area (Å²) in [4.78, 5) is 0. The molecule has 0 rings (SSSR count). The number of allylic oxidation sites excluding steroid dienone is 1. The van der Waals surface area contributed by atoms with Crippen molar-refractivity contribution in [3.63, 3.8) is 0 Å². The van der Waals surface area contributed by atoms with E-state index >= 15 is 0 Å². The van der Waals surface area contributed by atoms with Crippen LogP contribution < -0.4 is 0 Å². The van der Waals surface area contributed by atoms with Gasteiger partial charge in [-0.2, -0.15) is 0 Å². The molecule has 0 saturated carbocycles. The van der Waals surface area contributed by atoms with Crippen LogP contribution >= 0.6 is 0 Å². The molecule has 0 aliphatic heterocycles. The topological polar surface area (TPSA) is 0 Å². The standard InChI is InChI=1S/C9H14Te/c1-4-6-7-10-8-9(3)5-2/h2,8H,4,6-7H2,1,3H3/b9-8-. The predicted octanol–water partition coefficient (Wildman–Crippen LogP) is 2.45. The minimum atomic E-state index is 0.108. The number of rotatable bonds is 4. The Morgan fingerprint density at radius 2 is 2.40 bits per heavy atom. The first-order valence-electron chi connectivity index (χ1n) is 3.56. The molecule has 1 heteroatoms. The van der Waals surface area contributed by atoms with Crippen LogP contribution in [0.25, 0.3) is 0 Å². The van der Waals surface area contributed by atoms with Gasteiger partial charge in [-0.25, -0.2) is 0 Å². The van der Waals surface area contributed by atoms with E-state index in [0.717, 1.165) is 5.57 Å².